The molecule has 1 atom stereocenters. The molecule has 1 aliphatic rings. The molecule has 1 heteroatoms. The predicted octanol–water partition coefficient (Wildman–Crippen LogP) is 4.78. The van der Waals surface area contributed by atoms with E-state index in [1.165, 1.54) is 48.8 Å². The van der Waals surface area contributed by atoms with Crippen LogP contribution >= 0.6 is 0 Å². The standard InChI is InChI=1S/C18H29N/c1-3-15-10-11-17(13-16(15)4-2)18(19)12-9-14-7-5-6-8-14/h10-11,13-14,18H,3-9,12,19H2,1-2H3. The third kappa shape index (κ3) is 3.82. The molecule has 1 unspecified atom stereocenters. The Labute approximate surface area is 118 Å². The molecule has 19 heavy (non-hydrogen) atoms. The molecule has 2 rings (SSSR count). The molecule has 1 fully saturated rings. The molecule has 0 spiro atoms. The van der Waals surface area contributed by atoms with Crippen LogP contribution in [0.1, 0.15) is 75.1 Å². The summed E-state index contributed by atoms with van der Waals surface area (Å²) in [6, 6.07) is 7.11. The van der Waals surface area contributed by atoms with E-state index in [0.29, 0.717) is 0 Å². The minimum atomic E-state index is 0.233. The van der Waals surface area contributed by atoms with E-state index in [1.807, 2.05) is 0 Å². The lowest BCUT2D eigenvalue weighted by Gasteiger charge is -2.17. The largest absolute Gasteiger partial charge is 0.324 e. The first-order chi connectivity index (χ1) is 9.24. The fourth-order valence-electron chi connectivity index (χ4n) is 3.43. The SMILES string of the molecule is CCc1ccc(C(N)CCC2CCCC2)cc1CC. The van der Waals surface area contributed by atoms with Gasteiger partial charge < -0.3 is 5.73 Å². The van der Waals surface area contributed by atoms with Gasteiger partial charge in [0.2, 0.25) is 0 Å². The van der Waals surface area contributed by atoms with Crippen molar-refractivity contribution in [2.24, 2.45) is 11.7 Å². The lowest BCUT2D eigenvalue weighted by molar-refractivity contribution is 0.454. The Balaban J connectivity index is 1.95. The summed E-state index contributed by atoms with van der Waals surface area (Å²) in [7, 11) is 0. The maximum absolute atomic E-state index is 6.39. The van der Waals surface area contributed by atoms with E-state index in [9.17, 15) is 0 Å². The van der Waals surface area contributed by atoms with Gasteiger partial charge in [-0.1, -0.05) is 57.7 Å². The summed E-state index contributed by atoms with van der Waals surface area (Å²) >= 11 is 0. The van der Waals surface area contributed by atoms with Crippen LogP contribution in [0.25, 0.3) is 0 Å². The zero-order valence-electron chi connectivity index (χ0n) is 12.6. The van der Waals surface area contributed by atoms with Gasteiger partial charge in [-0.15, -0.1) is 0 Å². The van der Waals surface area contributed by atoms with Gasteiger partial charge in [0.05, 0.1) is 0 Å². The van der Waals surface area contributed by atoms with E-state index in [1.54, 1.807) is 0 Å². The maximum Gasteiger partial charge on any atom is 0.0295 e. The van der Waals surface area contributed by atoms with Crippen LogP contribution in [-0.4, -0.2) is 0 Å². The Hall–Kier alpha value is -0.820. The zero-order chi connectivity index (χ0) is 13.7. The molecule has 1 saturated carbocycles. The lowest BCUT2D eigenvalue weighted by atomic mass is 9.92. The van der Waals surface area contributed by atoms with Crippen molar-refractivity contribution in [1.29, 1.82) is 0 Å². The average Bonchev–Trinajstić information content (AvgIpc) is 2.97. The van der Waals surface area contributed by atoms with Crippen LogP contribution in [-0.2, 0) is 12.8 Å². The molecule has 0 saturated heterocycles. The van der Waals surface area contributed by atoms with Crippen LogP contribution < -0.4 is 5.73 Å². The summed E-state index contributed by atoms with van der Waals surface area (Å²) in [5.41, 5.74) is 10.7. The van der Waals surface area contributed by atoms with Crippen molar-refractivity contribution >= 4 is 0 Å². The van der Waals surface area contributed by atoms with Crippen molar-refractivity contribution in [3.8, 4) is 0 Å². The fraction of sp³-hybridized carbons (Fsp3) is 0.667. The van der Waals surface area contributed by atoms with Crippen molar-refractivity contribution in [3.05, 3.63) is 34.9 Å². The maximum atomic E-state index is 6.39. The van der Waals surface area contributed by atoms with Crippen LogP contribution in [0.3, 0.4) is 0 Å². The average molecular weight is 259 g/mol. The summed E-state index contributed by atoms with van der Waals surface area (Å²) in [6.45, 7) is 4.47. The Morgan fingerprint density at radius 1 is 1.11 bits per heavy atom. The molecular formula is C18H29N. The van der Waals surface area contributed by atoms with Crippen LogP contribution in [0.4, 0.5) is 0 Å². The van der Waals surface area contributed by atoms with Crippen LogP contribution in [0, 0.1) is 5.92 Å². The Morgan fingerprint density at radius 3 is 2.42 bits per heavy atom. The summed E-state index contributed by atoms with van der Waals surface area (Å²) in [5.74, 6) is 0.951. The smallest absolute Gasteiger partial charge is 0.0295 e. The summed E-state index contributed by atoms with van der Waals surface area (Å²) in [6.07, 6.45) is 10.4. The number of hydrogen-bond donors (Lipinski definition) is 1. The second-order valence-corrected chi connectivity index (χ2v) is 6.07. The van der Waals surface area contributed by atoms with Gasteiger partial charge in [0, 0.05) is 6.04 Å². The molecule has 0 aliphatic heterocycles. The third-order valence-corrected chi connectivity index (χ3v) is 4.78. The highest BCUT2D eigenvalue weighted by molar-refractivity contribution is 5.33. The van der Waals surface area contributed by atoms with Crippen molar-refractivity contribution in [3.63, 3.8) is 0 Å². The molecule has 0 heterocycles. The predicted molar refractivity (Wildman–Crippen MR) is 83.3 cm³/mol. The molecule has 0 amide bonds. The van der Waals surface area contributed by atoms with Crippen molar-refractivity contribution < 1.29 is 0 Å². The fourth-order valence-corrected chi connectivity index (χ4v) is 3.43. The summed E-state index contributed by atoms with van der Waals surface area (Å²) in [5, 5.41) is 0. The van der Waals surface area contributed by atoms with Gasteiger partial charge in [-0.05, 0) is 48.3 Å². The normalized spacial score (nSPS) is 17.8. The molecular weight excluding hydrogens is 230 g/mol. The number of rotatable bonds is 6. The third-order valence-electron chi connectivity index (χ3n) is 4.78. The molecule has 1 aromatic rings. The first-order valence-electron chi connectivity index (χ1n) is 8.11. The van der Waals surface area contributed by atoms with E-state index >= 15 is 0 Å². The van der Waals surface area contributed by atoms with E-state index in [0.717, 1.165) is 25.2 Å². The molecule has 106 valence electrons. The molecule has 1 aliphatic carbocycles. The number of benzene rings is 1. The summed E-state index contributed by atoms with van der Waals surface area (Å²) < 4.78 is 0. The van der Waals surface area contributed by atoms with Crippen molar-refractivity contribution in [1.82, 2.24) is 0 Å². The van der Waals surface area contributed by atoms with Gasteiger partial charge in [-0.3, -0.25) is 0 Å². The van der Waals surface area contributed by atoms with E-state index < -0.39 is 0 Å². The van der Waals surface area contributed by atoms with Gasteiger partial charge in [-0.25, -0.2) is 0 Å². The van der Waals surface area contributed by atoms with Crippen molar-refractivity contribution in [2.75, 3.05) is 0 Å². The Kier molecular flexibility index (Phi) is 5.45. The number of hydrogen-bond acceptors (Lipinski definition) is 1. The second-order valence-electron chi connectivity index (χ2n) is 6.07. The number of nitrogens with two attached hydrogens (primary N) is 1. The minimum Gasteiger partial charge on any atom is -0.324 e. The molecule has 1 aromatic carbocycles. The van der Waals surface area contributed by atoms with Crippen LogP contribution in [0.5, 0.6) is 0 Å². The monoisotopic (exact) mass is 259 g/mol. The Morgan fingerprint density at radius 2 is 1.79 bits per heavy atom. The van der Waals surface area contributed by atoms with Gasteiger partial charge in [0.15, 0.2) is 0 Å². The molecule has 0 bridgehead atoms. The van der Waals surface area contributed by atoms with E-state index in [-0.39, 0.29) is 6.04 Å². The molecule has 0 aromatic heterocycles. The van der Waals surface area contributed by atoms with Crippen LogP contribution in [0.15, 0.2) is 18.2 Å². The highest BCUT2D eigenvalue weighted by atomic mass is 14.6. The van der Waals surface area contributed by atoms with Crippen LogP contribution in [0.2, 0.25) is 0 Å². The highest BCUT2D eigenvalue weighted by Crippen LogP contribution is 2.31. The first-order valence-corrected chi connectivity index (χ1v) is 8.11. The highest BCUT2D eigenvalue weighted by Gasteiger charge is 2.17. The van der Waals surface area contributed by atoms with E-state index in [2.05, 4.69) is 32.0 Å². The number of aryl methyl sites for hydroxylation is 2. The van der Waals surface area contributed by atoms with Crippen molar-refractivity contribution in [2.45, 2.75) is 71.3 Å². The van der Waals surface area contributed by atoms with Gasteiger partial charge >= 0.3 is 0 Å². The molecule has 1 nitrogen and oxygen atoms in total. The topological polar surface area (TPSA) is 26.0 Å². The summed E-state index contributed by atoms with van der Waals surface area (Å²) in [4.78, 5) is 0. The lowest BCUT2D eigenvalue weighted by Crippen LogP contribution is -2.12. The van der Waals surface area contributed by atoms with Gasteiger partial charge in [0.25, 0.3) is 0 Å². The second kappa shape index (κ2) is 7.09. The first kappa shape index (κ1) is 14.6. The van der Waals surface area contributed by atoms with Gasteiger partial charge in [0.1, 0.15) is 0 Å². The molecule has 0 radical (unpaired) electrons. The minimum absolute atomic E-state index is 0.233. The molecule has 2 N–H and O–H groups in total. The zero-order valence-corrected chi connectivity index (χ0v) is 12.6. The Bertz CT molecular complexity index is 391. The van der Waals surface area contributed by atoms with Gasteiger partial charge in [-0.2, -0.15) is 0 Å². The van der Waals surface area contributed by atoms with E-state index in [4.69, 9.17) is 5.73 Å². The quantitative estimate of drug-likeness (QED) is 0.781.